The van der Waals surface area contributed by atoms with Gasteiger partial charge in [-0.2, -0.15) is 0 Å². The number of amides is 1. The van der Waals surface area contributed by atoms with E-state index in [1.54, 1.807) is 29.8 Å². The predicted octanol–water partition coefficient (Wildman–Crippen LogP) is 3.95. The Morgan fingerprint density at radius 2 is 2.00 bits per heavy atom. The molecule has 3 aromatic rings. The van der Waals surface area contributed by atoms with Gasteiger partial charge in [0.1, 0.15) is 18.0 Å². The number of halogens is 1. The number of thiophene rings is 1. The third-order valence-electron chi connectivity index (χ3n) is 6.77. The fourth-order valence-electron chi connectivity index (χ4n) is 4.74. The molecule has 0 aliphatic carbocycles. The maximum atomic E-state index is 13.0. The smallest absolute Gasteiger partial charge is 0.224 e. The SMILES string of the molecule is O=C(Cc1ccc(F)cc1)NCC1CCC2(CCN(c3ncnc4ccsc34)CC2)CO1. The molecule has 2 aliphatic rings. The molecule has 2 fully saturated rings. The van der Waals surface area contributed by atoms with Gasteiger partial charge >= 0.3 is 0 Å². The van der Waals surface area contributed by atoms with E-state index >= 15 is 0 Å². The Balaban J connectivity index is 1.08. The number of carbonyl (C=O) groups is 1. The molecule has 6 nitrogen and oxygen atoms in total. The lowest BCUT2D eigenvalue weighted by Crippen LogP contribution is -2.48. The monoisotopic (exact) mass is 454 g/mol. The van der Waals surface area contributed by atoms with Crippen molar-refractivity contribution in [2.45, 2.75) is 38.2 Å². The van der Waals surface area contributed by atoms with Gasteiger partial charge in [-0.15, -0.1) is 11.3 Å². The van der Waals surface area contributed by atoms with Gasteiger partial charge in [-0.1, -0.05) is 12.1 Å². The number of piperidine rings is 1. The molecular weight excluding hydrogens is 427 g/mol. The average molecular weight is 455 g/mol. The number of benzene rings is 1. The maximum Gasteiger partial charge on any atom is 0.224 e. The van der Waals surface area contributed by atoms with Gasteiger partial charge in [-0.05, 0) is 60.2 Å². The summed E-state index contributed by atoms with van der Waals surface area (Å²) in [7, 11) is 0. The van der Waals surface area contributed by atoms with E-state index in [1.165, 1.54) is 16.8 Å². The second-order valence-electron chi connectivity index (χ2n) is 8.90. The van der Waals surface area contributed by atoms with Gasteiger partial charge in [0, 0.05) is 19.6 Å². The fourth-order valence-corrected chi connectivity index (χ4v) is 5.61. The Kier molecular flexibility index (Phi) is 6.06. The maximum absolute atomic E-state index is 13.0. The van der Waals surface area contributed by atoms with Crippen molar-refractivity contribution in [2.75, 3.05) is 31.1 Å². The molecule has 0 bridgehead atoms. The van der Waals surface area contributed by atoms with Crippen LogP contribution >= 0.6 is 11.3 Å². The van der Waals surface area contributed by atoms with E-state index < -0.39 is 0 Å². The highest BCUT2D eigenvalue weighted by molar-refractivity contribution is 7.17. The standard InChI is InChI=1S/C24H27FN4O2S/c25-18-3-1-17(2-4-18)13-21(30)26-14-19-5-7-24(15-31-19)8-10-29(11-9-24)23-22-20(6-12-32-22)27-16-28-23/h1-4,6,12,16,19H,5,7-11,13-15H2,(H,26,30). The second-order valence-corrected chi connectivity index (χ2v) is 9.81. The van der Waals surface area contributed by atoms with Crippen LogP contribution in [0.25, 0.3) is 10.2 Å². The largest absolute Gasteiger partial charge is 0.376 e. The van der Waals surface area contributed by atoms with Crippen molar-refractivity contribution in [2.24, 2.45) is 5.41 Å². The molecule has 2 aromatic heterocycles. The molecule has 1 aromatic carbocycles. The Hall–Kier alpha value is -2.58. The van der Waals surface area contributed by atoms with Crippen LogP contribution in [0.2, 0.25) is 0 Å². The van der Waals surface area contributed by atoms with Crippen molar-refractivity contribution in [3.8, 4) is 0 Å². The number of ether oxygens (including phenoxy) is 1. The molecule has 5 rings (SSSR count). The molecule has 1 unspecified atom stereocenters. The summed E-state index contributed by atoms with van der Waals surface area (Å²) in [6.07, 6.45) is 6.24. The Morgan fingerprint density at radius 3 is 2.75 bits per heavy atom. The van der Waals surface area contributed by atoms with Crippen molar-refractivity contribution in [3.05, 3.63) is 53.4 Å². The normalized spacial score (nSPS) is 20.5. The number of fused-ring (bicyclic) bond motifs is 1. The summed E-state index contributed by atoms with van der Waals surface area (Å²) in [6.45, 7) is 3.23. The number of hydrogen-bond donors (Lipinski definition) is 1. The van der Waals surface area contributed by atoms with E-state index in [4.69, 9.17) is 4.74 Å². The Morgan fingerprint density at radius 1 is 1.19 bits per heavy atom. The van der Waals surface area contributed by atoms with Gasteiger partial charge < -0.3 is 15.0 Å². The molecular formula is C24H27FN4O2S. The molecule has 168 valence electrons. The van der Waals surface area contributed by atoms with Gasteiger partial charge in [0.2, 0.25) is 5.91 Å². The first-order valence-electron chi connectivity index (χ1n) is 11.2. The summed E-state index contributed by atoms with van der Waals surface area (Å²) in [4.78, 5) is 23.5. The third-order valence-corrected chi connectivity index (χ3v) is 7.67. The minimum Gasteiger partial charge on any atom is -0.376 e. The summed E-state index contributed by atoms with van der Waals surface area (Å²) < 4.78 is 20.3. The summed E-state index contributed by atoms with van der Waals surface area (Å²) in [5.41, 5.74) is 2.06. The van der Waals surface area contributed by atoms with Gasteiger partial charge in [-0.25, -0.2) is 14.4 Å². The highest BCUT2D eigenvalue weighted by Crippen LogP contribution is 2.42. The van der Waals surface area contributed by atoms with Gasteiger partial charge in [0.25, 0.3) is 0 Å². The van der Waals surface area contributed by atoms with Gasteiger partial charge in [0.05, 0.1) is 29.3 Å². The molecule has 4 heterocycles. The highest BCUT2D eigenvalue weighted by Gasteiger charge is 2.39. The lowest BCUT2D eigenvalue weighted by Gasteiger charge is -2.46. The number of nitrogens with zero attached hydrogens (tertiary/aromatic N) is 3. The van der Waals surface area contributed by atoms with Crippen LogP contribution in [-0.4, -0.2) is 48.2 Å². The lowest BCUT2D eigenvalue weighted by molar-refractivity contribution is -0.122. The third kappa shape index (κ3) is 4.61. The number of nitrogens with one attached hydrogen (secondary N) is 1. The molecule has 0 saturated carbocycles. The molecule has 2 aliphatic heterocycles. The summed E-state index contributed by atoms with van der Waals surface area (Å²) in [5, 5.41) is 5.04. The Labute approximate surface area is 190 Å². The lowest BCUT2D eigenvalue weighted by atomic mass is 9.73. The summed E-state index contributed by atoms with van der Waals surface area (Å²) in [5.74, 6) is 0.707. The van der Waals surface area contributed by atoms with Crippen molar-refractivity contribution >= 4 is 33.3 Å². The van der Waals surface area contributed by atoms with Crippen LogP contribution in [0.3, 0.4) is 0 Å². The van der Waals surface area contributed by atoms with Crippen LogP contribution in [0.4, 0.5) is 10.2 Å². The molecule has 1 atom stereocenters. The van der Waals surface area contributed by atoms with Crippen LogP contribution in [0.1, 0.15) is 31.2 Å². The molecule has 0 radical (unpaired) electrons. The molecule has 8 heteroatoms. The summed E-state index contributed by atoms with van der Waals surface area (Å²) >= 11 is 1.70. The number of hydrogen-bond acceptors (Lipinski definition) is 6. The van der Waals surface area contributed by atoms with Gasteiger partial charge in [-0.3, -0.25) is 4.79 Å². The first-order chi connectivity index (χ1) is 15.6. The number of aromatic nitrogens is 2. The van der Waals surface area contributed by atoms with Crippen LogP contribution in [0.5, 0.6) is 0 Å². The second kappa shape index (κ2) is 9.11. The van der Waals surface area contributed by atoms with Crippen molar-refractivity contribution in [1.82, 2.24) is 15.3 Å². The molecule has 1 spiro atoms. The van der Waals surface area contributed by atoms with E-state index in [-0.39, 0.29) is 29.7 Å². The van der Waals surface area contributed by atoms with E-state index in [9.17, 15) is 9.18 Å². The van der Waals surface area contributed by atoms with E-state index in [2.05, 4.69) is 25.6 Å². The topological polar surface area (TPSA) is 67.4 Å². The van der Waals surface area contributed by atoms with Crippen LogP contribution in [0, 0.1) is 11.2 Å². The van der Waals surface area contributed by atoms with E-state index in [0.29, 0.717) is 6.54 Å². The zero-order valence-electron chi connectivity index (χ0n) is 17.9. The van der Waals surface area contributed by atoms with E-state index in [1.807, 2.05) is 6.07 Å². The zero-order chi connectivity index (χ0) is 22.0. The van der Waals surface area contributed by atoms with Crippen LogP contribution in [-0.2, 0) is 16.0 Å². The van der Waals surface area contributed by atoms with Crippen LogP contribution < -0.4 is 10.2 Å². The molecule has 1 amide bonds. The number of rotatable bonds is 5. The first-order valence-corrected chi connectivity index (χ1v) is 12.0. The molecule has 2 saturated heterocycles. The predicted molar refractivity (Wildman–Crippen MR) is 123 cm³/mol. The molecule has 32 heavy (non-hydrogen) atoms. The van der Waals surface area contributed by atoms with Crippen molar-refractivity contribution in [3.63, 3.8) is 0 Å². The van der Waals surface area contributed by atoms with Crippen LogP contribution in [0.15, 0.2) is 42.0 Å². The Bertz CT molecular complexity index is 1070. The first kappa shape index (κ1) is 21.3. The summed E-state index contributed by atoms with van der Waals surface area (Å²) in [6, 6.07) is 8.10. The van der Waals surface area contributed by atoms with Crippen molar-refractivity contribution < 1.29 is 13.9 Å². The fraction of sp³-hybridized carbons (Fsp3) is 0.458. The quantitative estimate of drug-likeness (QED) is 0.632. The number of carbonyl (C=O) groups excluding carboxylic acids is 1. The minimum atomic E-state index is -0.290. The van der Waals surface area contributed by atoms with Gasteiger partial charge in [0.15, 0.2) is 0 Å². The highest BCUT2D eigenvalue weighted by atomic mass is 32.1. The number of anilines is 1. The van der Waals surface area contributed by atoms with Crippen molar-refractivity contribution in [1.29, 1.82) is 0 Å². The average Bonchev–Trinajstić information content (AvgIpc) is 3.30. The van der Waals surface area contributed by atoms with E-state index in [0.717, 1.165) is 62.3 Å². The molecule has 1 N–H and O–H groups in total. The zero-order valence-corrected chi connectivity index (χ0v) is 18.7. The minimum absolute atomic E-state index is 0.0569.